The van der Waals surface area contributed by atoms with Gasteiger partial charge in [-0.2, -0.15) is 0 Å². The van der Waals surface area contributed by atoms with Crippen LogP contribution in [0.2, 0.25) is 0 Å². The van der Waals surface area contributed by atoms with Crippen molar-refractivity contribution in [3.63, 3.8) is 0 Å². The molecule has 0 spiro atoms. The molecule has 0 aromatic heterocycles. The molecule has 0 saturated carbocycles. The highest BCUT2D eigenvalue weighted by Gasteiger charge is 2.11. The Morgan fingerprint density at radius 1 is 0.576 bits per heavy atom. The molecule has 2 nitrogen and oxygen atoms in total. The Morgan fingerprint density at radius 2 is 1.15 bits per heavy atom. The van der Waals surface area contributed by atoms with Crippen LogP contribution < -0.4 is 9.47 Å². The predicted molar refractivity (Wildman–Crippen MR) is 139 cm³/mol. The first-order valence-corrected chi connectivity index (χ1v) is 13.1. The summed E-state index contributed by atoms with van der Waals surface area (Å²) in [6.07, 6.45) is 14.7. The fourth-order valence-electron chi connectivity index (χ4n) is 4.41. The Labute approximate surface area is 199 Å². The predicted octanol–water partition coefficient (Wildman–Crippen LogP) is 9.61. The third-order valence-corrected chi connectivity index (χ3v) is 6.41. The molecular weight excluding hydrogens is 411 g/mol. The van der Waals surface area contributed by atoms with Crippen molar-refractivity contribution in [2.75, 3.05) is 13.2 Å². The number of hydrogen-bond acceptors (Lipinski definition) is 2. The quantitative estimate of drug-likeness (QED) is 0.159. The van der Waals surface area contributed by atoms with E-state index in [4.69, 9.17) is 9.47 Å². The van der Waals surface area contributed by atoms with Crippen molar-refractivity contribution in [2.45, 2.75) is 90.9 Å². The molecule has 0 saturated heterocycles. The summed E-state index contributed by atoms with van der Waals surface area (Å²) in [5, 5.41) is 3.64. The van der Waals surface area contributed by atoms with Crippen molar-refractivity contribution in [2.24, 2.45) is 0 Å². The molecule has 0 aliphatic heterocycles. The molecule has 33 heavy (non-hydrogen) atoms. The van der Waals surface area contributed by atoms with Crippen LogP contribution >= 0.6 is 0 Å². The molecular formula is C30H41FO2. The lowest BCUT2D eigenvalue weighted by atomic mass is 10.0. The van der Waals surface area contributed by atoms with E-state index in [1.807, 2.05) is 30.3 Å². The van der Waals surface area contributed by atoms with Crippen molar-refractivity contribution in [1.29, 1.82) is 0 Å². The van der Waals surface area contributed by atoms with Gasteiger partial charge in [0.1, 0.15) is 5.75 Å². The molecule has 3 rings (SSSR count). The molecule has 180 valence electrons. The number of unbranched alkanes of at least 4 members (excludes halogenated alkanes) is 10. The van der Waals surface area contributed by atoms with Crippen LogP contribution in [0.15, 0.2) is 42.5 Å². The number of rotatable bonds is 16. The molecule has 0 bridgehead atoms. The molecule has 3 aromatic rings. The maximum Gasteiger partial charge on any atom is 0.172 e. The van der Waals surface area contributed by atoms with Gasteiger partial charge in [0.2, 0.25) is 0 Å². The lowest BCUT2D eigenvalue weighted by Gasteiger charge is -2.12. The van der Waals surface area contributed by atoms with E-state index in [9.17, 15) is 0 Å². The van der Waals surface area contributed by atoms with Crippen LogP contribution in [-0.2, 0) is 0 Å². The molecule has 0 unspecified atom stereocenters. The van der Waals surface area contributed by atoms with E-state index in [1.54, 1.807) is 6.07 Å². The summed E-state index contributed by atoms with van der Waals surface area (Å²) >= 11 is 0. The van der Waals surface area contributed by atoms with Crippen molar-refractivity contribution >= 4 is 21.5 Å². The molecule has 0 heterocycles. The van der Waals surface area contributed by atoms with Gasteiger partial charge in [-0.05, 0) is 53.3 Å². The minimum absolute atomic E-state index is 0.259. The number of benzene rings is 3. The van der Waals surface area contributed by atoms with Crippen LogP contribution in [0.5, 0.6) is 11.5 Å². The molecule has 0 aliphatic rings. The number of ether oxygens (including phenoxy) is 2. The molecule has 0 radical (unpaired) electrons. The monoisotopic (exact) mass is 452 g/mol. The van der Waals surface area contributed by atoms with Crippen LogP contribution in [0.3, 0.4) is 0 Å². The molecule has 0 amide bonds. The first-order chi connectivity index (χ1) is 16.2. The lowest BCUT2D eigenvalue weighted by molar-refractivity contribution is 0.291. The van der Waals surface area contributed by atoms with E-state index >= 15 is 4.39 Å². The second-order valence-electron chi connectivity index (χ2n) is 9.15. The van der Waals surface area contributed by atoms with Gasteiger partial charge in [-0.25, -0.2) is 4.39 Å². The standard InChI is InChI=1S/C30H41FO2/c1-3-5-7-9-10-12-14-22-33-29-20-19-27-26-18-16-25(32-21-13-11-8-6-4-2)23-24(26)15-17-28(27)30(29)31/h15-20,23H,3-14,21-22H2,1-2H3. The molecule has 0 aliphatic carbocycles. The van der Waals surface area contributed by atoms with Crippen LogP contribution in [0, 0.1) is 5.82 Å². The molecule has 0 N–H and O–H groups in total. The normalized spacial score (nSPS) is 11.4. The second kappa shape index (κ2) is 14.1. The molecule has 0 atom stereocenters. The van der Waals surface area contributed by atoms with E-state index in [2.05, 4.69) is 19.9 Å². The van der Waals surface area contributed by atoms with Crippen molar-refractivity contribution < 1.29 is 13.9 Å². The SMILES string of the molecule is CCCCCCCCCOc1ccc2c(ccc3cc(OCCCCCCC)ccc32)c1F. The molecule has 3 aromatic carbocycles. The Bertz CT molecular complexity index is 982. The smallest absolute Gasteiger partial charge is 0.172 e. The Hall–Kier alpha value is -2.29. The van der Waals surface area contributed by atoms with Gasteiger partial charge in [0.15, 0.2) is 11.6 Å². The third-order valence-electron chi connectivity index (χ3n) is 6.41. The maximum absolute atomic E-state index is 15.1. The summed E-state index contributed by atoms with van der Waals surface area (Å²) in [7, 11) is 0. The molecule has 0 fully saturated rings. The minimum Gasteiger partial charge on any atom is -0.494 e. The molecule has 3 heteroatoms. The second-order valence-corrected chi connectivity index (χ2v) is 9.15. The zero-order valence-electron chi connectivity index (χ0n) is 20.6. The first-order valence-electron chi connectivity index (χ1n) is 13.1. The zero-order valence-corrected chi connectivity index (χ0v) is 20.6. The fraction of sp³-hybridized carbons (Fsp3) is 0.533. The Balaban J connectivity index is 1.57. The summed E-state index contributed by atoms with van der Waals surface area (Å²) in [5.74, 6) is 0.980. The maximum atomic E-state index is 15.1. The fourth-order valence-corrected chi connectivity index (χ4v) is 4.41. The highest BCUT2D eigenvalue weighted by molar-refractivity contribution is 6.08. The summed E-state index contributed by atoms with van der Waals surface area (Å²) in [4.78, 5) is 0. The van der Waals surface area contributed by atoms with E-state index in [-0.39, 0.29) is 5.82 Å². The highest BCUT2D eigenvalue weighted by atomic mass is 19.1. The van der Waals surface area contributed by atoms with Crippen molar-refractivity contribution in [3.05, 3.63) is 48.3 Å². The third kappa shape index (κ3) is 7.62. The summed E-state index contributed by atoms with van der Waals surface area (Å²) in [6, 6.07) is 13.7. The van der Waals surface area contributed by atoms with Crippen LogP contribution in [-0.4, -0.2) is 13.2 Å². The Morgan fingerprint density at radius 3 is 1.85 bits per heavy atom. The average molecular weight is 453 g/mol. The Kier molecular flexibility index (Phi) is 10.8. The zero-order chi connectivity index (χ0) is 23.3. The van der Waals surface area contributed by atoms with Gasteiger partial charge >= 0.3 is 0 Å². The van der Waals surface area contributed by atoms with Crippen LogP contribution in [0.4, 0.5) is 4.39 Å². The first kappa shape index (κ1) is 25.3. The minimum atomic E-state index is -0.259. The van der Waals surface area contributed by atoms with Gasteiger partial charge in [-0.1, -0.05) is 96.3 Å². The van der Waals surface area contributed by atoms with E-state index in [1.165, 1.54) is 57.8 Å². The average Bonchev–Trinajstić information content (AvgIpc) is 2.84. The summed E-state index contributed by atoms with van der Waals surface area (Å²) in [5.41, 5.74) is 0. The van der Waals surface area contributed by atoms with E-state index in [0.29, 0.717) is 17.7 Å². The van der Waals surface area contributed by atoms with Gasteiger partial charge in [0, 0.05) is 5.39 Å². The van der Waals surface area contributed by atoms with Gasteiger partial charge in [0.25, 0.3) is 0 Å². The van der Waals surface area contributed by atoms with Crippen molar-refractivity contribution in [1.82, 2.24) is 0 Å². The summed E-state index contributed by atoms with van der Waals surface area (Å²) < 4.78 is 26.9. The lowest BCUT2D eigenvalue weighted by Crippen LogP contribution is -2.00. The van der Waals surface area contributed by atoms with Gasteiger partial charge in [0.05, 0.1) is 13.2 Å². The number of hydrogen-bond donors (Lipinski definition) is 0. The van der Waals surface area contributed by atoms with Crippen molar-refractivity contribution in [3.8, 4) is 11.5 Å². The van der Waals surface area contributed by atoms with Crippen LogP contribution in [0.1, 0.15) is 90.9 Å². The van der Waals surface area contributed by atoms with Crippen LogP contribution in [0.25, 0.3) is 21.5 Å². The van der Waals surface area contributed by atoms with Gasteiger partial charge in [-0.15, -0.1) is 0 Å². The highest BCUT2D eigenvalue weighted by Crippen LogP contribution is 2.33. The summed E-state index contributed by atoms with van der Waals surface area (Å²) in [6.45, 7) is 5.78. The van der Waals surface area contributed by atoms with Gasteiger partial charge in [-0.3, -0.25) is 0 Å². The topological polar surface area (TPSA) is 18.5 Å². The van der Waals surface area contributed by atoms with Gasteiger partial charge < -0.3 is 9.47 Å². The largest absolute Gasteiger partial charge is 0.494 e. The number of halogens is 1. The van der Waals surface area contributed by atoms with E-state index in [0.717, 1.165) is 47.8 Å². The number of fused-ring (bicyclic) bond motifs is 3. The van der Waals surface area contributed by atoms with E-state index < -0.39 is 0 Å².